The molecule has 0 heterocycles. The lowest BCUT2D eigenvalue weighted by Gasteiger charge is -2.11. The van der Waals surface area contributed by atoms with E-state index in [4.69, 9.17) is 0 Å². The molecule has 0 bridgehead atoms. The van der Waals surface area contributed by atoms with Crippen LogP contribution in [0.2, 0.25) is 0 Å². The fourth-order valence-corrected chi connectivity index (χ4v) is 3.34. The first-order valence-electron chi connectivity index (χ1n) is 7.41. The number of benzene rings is 2. The molecule has 0 aromatic heterocycles. The van der Waals surface area contributed by atoms with Crippen molar-refractivity contribution in [2.45, 2.75) is 37.6 Å². The number of anilines is 2. The number of aryl methyl sites for hydroxylation is 2. The first-order chi connectivity index (χ1) is 10.4. The Kier molecular flexibility index (Phi) is 3.83. The lowest BCUT2D eigenvalue weighted by Crippen LogP contribution is -2.13. The first kappa shape index (κ1) is 14.9. The van der Waals surface area contributed by atoms with Crippen LogP contribution < -0.4 is 10.0 Å². The van der Waals surface area contributed by atoms with Crippen LogP contribution >= 0.6 is 0 Å². The van der Waals surface area contributed by atoms with Crippen LogP contribution in [-0.4, -0.2) is 14.5 Å². The molecule has 0 aliphatic heterocycles. The summed E-state index contributed by atoms with van der Waals surface area (Å²) >= 11 is 0. The van der Waals surface area contributed by atoms with E-state index < -0.39 is 10.0 Å². The lowest BCUT2D eigenvalue weighted by molar-refractivity contribution is 0.601. The van der Waals surface area contributed by atoms with Gasteiger partial charge in [-0.25, -0.2) is 8.42 Å². The highest BCUT2D eigenvalue weighted by molar-refractivity contribution is 7.92. The summed E-state index contributed by atoms with van der Waals surface area (Å²) in [5, 5.41) is 3.37. The zero-order valence-corrected chi connectivity index (χ0v) is 13.6. The van der Waals surface area contributed by atoms with E-state index in [1.165, 1.54) is 12.8 Å². The Morgan fingerprint density at radius 1 is 0.909 bits per heavy atom. The fourth-order valence-electron chi connectivity index (χ4n) is 2.19. The number of nitrogens with one attached hydrogen (secondary N) is 2. The Bertz CT molecular complexity index is 779. The van der Waals surface area contributed by atoms with Crippen LogP contribution in [0.15, 0.2) is 47.4 Å². The van der Waals surface area contributed by atoms with Crippen LogP contribution in [0.5, 0.6) is 0 Å². The Morgan fingerprint density at radius 2 is 1.55 bits per heavy atom. The van der Waals surface area contributed by atoms with E-state index in [0.29, 0.717) is 11.7 Å². The van der Waals surface area contributed by atoms with Crippen molar-refractivity contribution in [2.75, 3.05) is 10.0 Å². The normalized spacial score (nSPS) is 14.6. The second-order valence-electron chi connectivity index (χ2n) is 5.85. The maximum atomic E-state index is 12.4. The number of hydrogen-bond acceptors (Lipinski definition) is 3. The smallest absolute Gasteiger partial charge is 0.261 e. The van der Waals surface area contributed by atoms with Crippen LogP contribution in [0.3, 0.4) is 0 Å². The molecular weight excluding hydrogens is 296 g/mol. The van der Waals surface area contributed by atoms with E-state index in [0.717, 1.165) is 16.8 Å². The lowest BCUT2D eigenvalue weighted by atomic mass is 10.1. The minimum atomic E-state index is -3.55. The van der Waals surface area contributed by atoms with Gasteiger partial charge < -0.3 is 5.32 Å². The molecule has 2 aromatic rings. The molecule has 22 heavy (non-hydrogen) atoms. The van der Waals surface area contributed by atoms with Crippen LogP contribution in [-0.2, 0) is 10.0 Å². The maximum absolute atomic E-state index is 12.4. The highest BCUT2D eigenvalue weighted by Gasteiger charge is 2.20. The predicted molar refractivity (Wildman–Crippen MR) is 89.8 cm³/mol. The average molecular weight is 316 g/mol. The van der Waals surface area contributed by atoms with Gasteiger partial charge in [-0.05, 0) is 74.2 Å². The third kappa shape index (κ3) is 3.42. The summed E-state index contributed by atoms with van der Waals surface area (Å²) in [6.07, 6.45) is 2.42. The van der Waals surface area contributed by atoms with Crippen molar-refractivity contribution in [3.05, 3.63) is 53.6 Å². The standard InChI is InChI=1S/C17H20N2O2S/c1-12-3-10-17(11-13(12)2)22(20,21)19-16-8-6-15(7-9-16)18-14-4-5-14/h3,6-11,14,18-19H,4-5H2,1-2H3. The number of rotatable bonds is 5. The van der Waals surface area contributed by atoms with Crippen LogP contribution in [0.4, 0.5) is 11.4 Å². The molecule has 1 aliphatic rings. The van der Waals surface area contributed by atoms with Gasteiger partial charge in [0.05, 0.1) is 4.90 Å². The first-order valence-corrected chi connectivity index (χ1v) is 8.89. The quantitative estimate of drug-likeness (QED) is 0.884. The van der Waals surface area contributed by atoms with Crippen molar-refractivity contribution in [3.63, 3.8) is 0 Å². The van der Waals surface area contributed by atoms with Gasteiger partial charge in [-0.15, -0.1) is 0 Å². The van der Waals surface area contributed by atoms with Gasteiger partial charge in [0, 0.05) is 17.4 Å². The molecular formula is C17H20N2O2S. The number of hydrogen-bond donors (Lipinski definition) is 2. The summed E-state index contributed by atoms with van der Waals surface area (Å²) in [5.74, 6) is 0. The largest absolute Gasteiger partial charge is 0.382 e. The molecule has 0 radical (unpaired) electrons. The third-order valence-electron chi connectivity index (χ3n) is 3.87. The van der Waals surface area contributed by atoms with Gasteiger partial charge >= 0.3 is 0 Å². The highest BCUT2D eigenvalue weighted by atomic mass is 32.2. The molecule has 1 saturated carbocycles. The second-order valence-corrected chi connectivity index (χ2v) is 7.53. The Hall–Kier alpha value is -2.01. The van der Waals surface area contributed by atoms with Gasteiger partial charge in [0.1, 0.15) is 0 Å². The maximum Gasteiger partial charge on any atom is 0.261 e. The summed E-state index contributed by atoms with van der Waals surface area (Å²) in [6, 6.07) is 13.1. The molecule has 5 heteroatoms. The van der Waals surface area contributed by atoms with E-state index in [9.17, 15) is 8.42 Å². The molecule has 1 aliphatic carbocycles. The second kappa shape index (κ2) is 5.65. The van der Waals surface area contributed by atoms with Crippen LogP contribution in [0.25, 0.3) is 0 Å². The van der Waals surface area contributed by atoms with Crippen molar-refractivity contribution in [1.82, 2.24) is 0 Å². The highest BCUT2D eigenvalue weighted by Crippen LogP contribution is 2.26. The van der Waals surface area contributed by atoms with Gasteiger partial charge in [-0.3, -0.25) is 4.72 Å². The molecule has 2 aromatic carbocycles. The van der Waals surface area contributed by atoms with E-state index in [1.54, 1.807) is 24.3 Å². The summed E-state index contributed by atoms with van der Waals surface area (Å²) < 4.78 is 27.4. The van der Waals surface area contributed by atoms with Crippen LogP contribution in [0.1, 0.15) is 24.0 Å². The molecule has 0 amide bonds. The van der Waals surface area contributed by atoms with Gasteiger partial charge in [0.25, 0.3) is 10.0 Å². The fraction of sp³-hybridized carbons (Fsp3) is 0.294. The Labute approximate surface area is 131 Å². The zero-order chi connectivity index (χ0) is 15.7. The topological polar surface area (TPSA) is 58.2 Å². The van der Waals surface area contributed by atoms with Crippen molar-refractivity contribution < 1.29 is 8.42 Å². The van der Waals surface area contributed by atoms with E-state index in [-0.39, 0.29) is 4.90 Å². The summed E-state index contributed by atoms with van der Waals surface area (Å²) in [7, 11) is -3.55. The van der Waals surface area contributed by atoms with Crippen LogP contribution in [0, 0.1) is 13.8 Å². The van der Waals surface area contributed by atoms with Gasteiger partial charge in [0.2, 0.25) is 0 Å². The minimum absolute atomic E-state index is 0.288. The molecule has 1 fully saturated rings. The zero-order valence-electron chi connectivity index (χ0n) is 12.8. The average Bonchev–Trinajstić information content (AvgIpc) is 3.27. The molecule has 0 unspecified atom stereocenters. The molecule has 0 saturated heterocycles. The molecule has 4 nitrogen and oxygen atoms in total. The third-order valence-corrected chi connectivity index (χ3v) is 5.25. The van der Waals surface area contributed by atoms with Gasteiger partial charge in [0.15, 0.2) is 0 Å². The summed E-state index contributed by atoms with van der Waals surface area (Å²) in [5.41, 5.74) is 3.64. The molecule has 0 atom stereocenters. The van der Waals surface area contributed by atoms with Crippen molar-refractivity contribution >= 4 is 21.4 Å². The molecule has 2 N–H and O–H groups in total. The van der Waals surface area contributed by atoms with Crippen molar-refractivity contribution in [1.29, 1.82) is 0 Å². The molecule has 0 spiro atoms. The Morgan fingerprint density at radius 3 is 2.14 bits per heavy atom. The minimum Gasteiger partial charge on any atom is -0.382 e. The summed E-state index contributed by atoms with van der Waals surface area (Å²) in [6.45, 7) is 3.87. The van der Waals surface area contributed by atoms with Crippen molar-refractivity contribution in [3.8, 4) is 0 Å². The monoisotopic (exact) mass is 316 g/mol. The number of sulfonamides is 1. The van der Waals surface area contributed by atoms with E-state index in [1.807, 2.05) is 32.0 Å². The molecule has 116 valence electrons. The molecule has 3 rings (SSSR count). The van der Waals surface area contributed by atoms with E-state index >= 15 is 0 Å². The summed E-state index contributed by atoms with van der Waals surface area (Å²) in [4.78, 5) is 0.288. The van der Waals surface area contributed by atoms with Gasteiger partial charge in [-0.1, -0.05) is 6.07 Å². The predicted octanol–water partition coefficient (Wildman–Crippen LogP) is 3.68. The van der Waals surface area contributed by atoms with Crippen molar-refractivity contribution in [2.24, 2.45) is 0 Å². The van der Waals surface area contributed by atoms with E-state index in [2.05, 4.69) is 10.0 Å². The Balaban J connectivity index is 1.76. The SMILES string of the molecule is Cc1ccc(S(=O)(=O)Nc2ccc(NC3CC3)cc2)cc1C. The van der Waals surface area contributed by atoms with Gasteiger partial charge in [-0.2, -0.15) is 0 Å².